The van der Waals surface area contributed by atoms with Crippen molar-refractivity contribution in [2.75, 3.05) is 31.8 Å². The molecule has 10 nitrogen and oxygen atoms in total. The molecular formula is C35H35F17O10S. The molecule has 0 amide bonds. The largest absolute Gasteiger partial charge is 0.508 e. The first-order valence-corrected chi connectivity index (χ1v) is 19.4. The molecule has 0 bridgehead atoms. The monoisotopic (exact) mass is 970 g/mol. The zero-order chi connectivity index (χ0) is 48.1. The van der Waals surface area contributed by atoms with Crippen LogP contribution in [0.2, 0.25) is 0 Å². The van der Waals surface area contributed by atoms with E-state index in [1.165, 1.54) is 7.11 Å². The molecule has 63 heavy (non-hydrogen) atoms. The maximum atomic E-state index is 14.2. The number of aliphatic hydroxyl groups excluding tert-OH is 1. The fourth-order valence-corrected chi connectivity index (χ4v) is 6.66. The summed E-state index contributed by atoms with van der Waals surface area (Å²) in [5.74, 6) is -60.9. The summed E-state index contributed by atoms with van der Waals surface area (Å²) in [6.07, 6.45) is -21.0. The number of sulfone groups is 1. The number of ether oxygens (including phenoxy) is 6. The van der Waals surface area contributed by atoms with Gasteiger partial charge in [-0.05, 0) is 17.5 Å². The van der Waals surface area contributed by atoms with Crippen LogP contribution in [0.3, 0.4) is 0 Å². The second-order valence-corrected chi connectivity index (χ2v) is 15.9. The molecule has 1 aliphatic rings. The first-order valence-electron chi connectivity index (χ1n) is 17.6. The van der Waals surface area contributed by atoms with Gasteiger partial charge in [-0.3, -0.25) is 0 Å². The molecule has 0 radical (unpaired) electrons. The number of methoxy groups -OCH3 is 1. The van der Waals surface area contributed by atoms with Crippen LogP contribution in [0.15, 0.2) is 60.7 Å². The van der Waals surface area contributed by atoms with Gasteiger partial charge in [-0.25, -0.2) is 13.2 Å². The van der Waals surface area contributed by atoms with Crippen molar-refractivity contribution in [1.29, 1.82) is 0 Å². The van der Waals surface area contributed by atoms with Gasteiger partial charge in [-0.2, -0.15) is 74.6 Å². The van der Waals surface area contributed by atoms with Crippen LogP contribution in [0.1, 0.15) is 24.0 Å². The summed E-state index contributed by atoms with van der Waals surface area (Å²) < 4.78 is 286. The Morgan fingerprint density at radius 1 is 0.635 bits per heavy atom. The second-order valence-electron chi connectivity index (χ2n) is 13.6. The van der Waals surface area contributed by atoms with Crippen LogP contribution in [0.5, 0.6) is 0 Å². The van der Waals surface area contributed by atoms with E-state index in [2.05, 4.69) is 4.74 Å². The van der Waals surface area contributed by atoms with Gasteiger partial charge in [-0.1, -0.05) is 60.7 Å². The minimum Gasteiger partial charge on any atom is -0.433 e. The van der Waals surface area contributed by atoms with E-state index in [9.17, 15) is 93.0 Å². The van der Waals surface area contributed by atoms with Gasteiger partial charge in [0.1, 0.15) is 37.6 Å². The smallest absolute Gasteiger partial charge is 0.433 e. The Balaban J connectivity index is 1.59. The lowest BCUT2D eigenvalue weighted by atomic mass is 9.88. The van der Waals surface area contributed by atoms with Crippen LogP contribution in [-0.2, 0) is 51.5 Å². The summed E-state index contributed by atoms with van der Waals surface area (Å²) in [5, 5.41) is 11.2. The van der Waals surface area contributed by atoms with Gasteiger partial charge in [0.25, 0.3) is 0 Å². The van der Waals surface area contributed by atoms with Crippen molar-refractivity contribution in [2.24, 2.45) is 0 Å². The first kappa shape index (κ1) is 53.6. The molecule has 28 heteroatoms. The zero-order valence-corrected chi connectivity index (χ0v) is 32.6. The van der Waals surface area contributed by atoms with Crippen molar-refractivity contribution in [3.63, 3.8) is 0 Å². The molecule has 2 aromatic rings. The number of benzene rings is 2. The maximum Gasteiger partial charge on any atom is 0.508 e. The molecule has 1 aliphatic heterocycles. The number of alkyl halides is 17. The molecule has 0 spiro atoms. The molecule has 1 fully saturated rings. The Hall–Kier alpha value is -3.73. The molecule has 2 aromatic carbocycles. The lowest BCUT2D eigenvalue weighted by molar-refractivity contribution is -0.461. The summed E-state index contributed by atoms with van der Waals surface area (Å²) in [5.41, 5.74) is 1.39. The number of halogens is 17. The molecule has 3 rings (SSSR count). The topological polar surface area (TPSA) is 127 Å². The van der Waals surface area contributed by atoms with Gasteiger partial charge in [0.2, 0.25) is 0 Å². The highest BCUT2D eigenvalue weighted by atomic mass is 32.2. The van der Waals surface area contributed by atoms with Crippen molar-refractivity contribution in [3.05, 3.63) is 71.8 Å². The van der Waals surface area contributed by atoms with Crippen LogP contribution in [-0.4, -0.2) is 130 Å². The van der Waals surface area contributed by atoms with Crippen molar-refractivity contribution >= 4 is 16.0 Å². The molecule has 0 aliphatic carbocycles. The summed E-state index contributed by atoms with van der Waals surface area (Å²) >= 11 is 0. The van der Waals surface area contributed by atoms with Gasteiger partial charge in [0.15, 0.2) is 16.1 Å². The Morgan fingerprint density at radius 3 is 1.54 bits per heavy atom. The molecule has 5 atom stereocenters. The molecule has 0 unspecified atom stereocenters. The maximum absolute atomic E-state index is 14.2. The average molecular weight is 971 g/mol. The molecular weight excluding hydrogens is 935 g/mol. The molecule has 1 saturated heterocycles. The van der Waals surface area contributed by atoms with Crippen LogP contribution in [0.4, 0.5) is 79.4 Å². The number of hydrogen-bond donors (Lipinski definition) is 1. The van der Waals surface area contributed by atoms with Gasteiger partial charge in [0, 0.05) is 13.5 Å². The average Bonchev–Trinajstić information content (AvgIpc) is 3.18. The van der Waals surface area contributed by atoms with E-state index in [0.29, 0.717) is 5.56 Å². The summed E-state index contributed by atoms with van der Waals surface area (Å²) in [6.45, 7) is -2.10. The number of rotatable bonds is 22. The van der Waals surface area contributed by atoms with Crippen molar-refractivity contribution < 1.29 is 121 Å². The van der Waals surface area contributed by atoms with E-state index in [1.54, 1.807) is 60.7 Å². The van der Waals surface area contributed by atoms with E-state index >= 15 is 0 Å². The highest BCUT2D eigenvalue weighted by molar-refractivity contribution is 7.91. The highest BCUT2D eigenvalue weighted by Crippen LogP contribution is 2.64. The number of carbonyl (C=O) groups is 1. The van der Waals surface area contributed by atoms with E-state index in [-0.39, 0.29) is 13.2 Å². The molecule has 1 N–H and O–H groups in total. The lowest BCUT2D eigenvalue weighted by Gasteiger charge is -2.43. The van der Waals surface area contributed by atoms with Gasteiger partial charge < -0.3 is 33.5 Å². The summed E-state index contributed by atoms with van der Waals surface area (Å²) in [4.78, 5) is 12.2. The minimum atomic E-state index is -8.79. The van der Waals surface area contributed by atoms with Crippen LogP contribution >= 0.6 is 0 Å². The minimum absolute atomic E-state index is 0.000759. The fourth-order valence-electron chi connectivity index (χ4n) is 5.53. The number of hydrogen-bond acceptors (Lipinski definition) is 10. The molecule has 1 heterocycles. The SMILES string of the molecule is CO[C@H]1O[C@H](COC(=O)OCCS(=O)(=O)CCCC(F)(F)C(F)(F)C(F)(F)C(F)(F)C(F)(F)C(F)(F)C(F)(F)C(F)(F)F)[C@@H](O)[C@H](OCc2ccccc2)[C@H]1OCc1ccccc1. The highest BCUT2D eigenvalue weighted by Gasteiger charge is 2.95. The van der Waals surface area contributed by atoms with Crippen LogP contribution < -0.4 is 0 Å². The Kier molecular flexibility index (Phi) is 16.8. The predicted molar refractivity (Wildman–Crippen MR) is 178 cm³/mol. The Labute approximate surface area is 345 Å². The standard InChI is InChI=1S/C35H35F17O10S/c1-57-26-25(60-18-21-11-6-3-7-12-21)24(59-17-20-9-4-2-5-10-20)23(53)22(62-26)19-61-27(54)58-14-16-63(55,56)15-8-13-28(36,37)29(38,39)30(40,41)31(42,43)32(44,45)33(46,47)34(48,49)35(50,51)52/h2-7,9-12,22-26,53H,8,13-19H2,1H3/t22-,23-,24+,25-,26+/m1/s1. The van der Waals surface area contributed by atoms with E-state index < -0.39 is 132 Å². The third-order valence-corrected chi connectivity index (χ3v) is 10.8. The van der Waals surface area contributed by atoms with Gasteiger partial charge in [0.05, 0.1) is 24.7 Å². The Bertz CT molecular complexity index is 1890. The second kappa shape index (κ2) is 19.8. The molecule has 0 saturated carbocycles. The summed E-state index contributed by atoms with van der Waals surface area (Å²) in [6, 6.07) is 17.3. The van der Waals surface area contributed by atoms with E-state index in [0.717, 1.165) is 5.56 Å². The van der Waals surface area contributed by atoms with Gasteiger partial charge in [-0.15, -0.1) is 0 Å². The summed E-state index contributed by atoms with van der Waals surface area (Å²) in [7, 11) is -3.66. The normalized spacial score (nSPS) is 21.3. The third-order valence-electron chi connectivity index (χ3n) is 9.13. The van der Waals surface area contributed by atoms with E-state index in [1.807, 2.05) is 0 Å². The van der Waals surface area contributed by atoms with Crippen molar-refractivity contribution in [3.8, 4) is 0 Å². The van der Waals surface area contributed by atoms with Crippen molar-refractivity contribution in [2.45, 2.75) is 104 Å². The van der Waals surface area contributed by atoms with E-state index in [4.69, 9.17) is 23.7 Å². The zero-order valence-electron chi connectivity index (χ0n) is 31.8. The first-order chi connectivity index (χ1) is 28.7. The quantitative estimate of drug-likeness (QED) is 0.0911. The fraction of sp³-hybridized carbons (Fsp3) is 0.629. The van der Waals surface area contributed by atoms with Gasteiger partial charge >= 0.3 is 53.8 Å². The molecule has 360 valence electrons. The number of aliphatic hydroxyl groups is 1. The van der Waals surface area contributed by atoms with Crippen LogP contribution in [0.25, 0.3) is 0 Å². The third kappa shape index (κ3) is 11.4. The number of carbonyl (C=O) groups excluding carboxylic acids is 1. The van der Waals surface area contributed by atoms with Crippen molar-refractivity contribution in [1.82, 2.24) is 0 Å². The Morgan fingerprint density at radius 2 is 1.08 bits per heavy atom. The molecule has 0 aromatic heterocycles. The van der Waals surface area contributed by atoms with Crippen LogP contribution in [0, 0.1) is 0 Å². The lowest BCUT2D eigenvalue weighted by Crippen LogP contribution is -2.74. The predicted octanol–water partition coefficient (Wildman–Crippen LogP) is 8.25.